The number of nitrogens with zero attached hydrogens (tertiary/aromatic N) is 1. The molecule has 0 atom stereocenters. The highest BCUT2D eigenvalue weighted by molar-refractivity contribution is 6.02. The summed E-state index contributed by atoms with van der Waals surface area (Å²) in [6.45, 7) is 2.09. The maximum Gasteiger partial charge on any atom is 0.0870 e. The van der Waals surface area contributed by atoms with Crippen molar-refractivity contribution in [1.82, 2.24) is 0 Å². The molecular formula is C11H13NO. The fraction of sp³-hybridized carbons (Fsp3) is 0.364. The Morgan fingerprint density at radius 3 is 2.92 bits per heavy atom. The van der Waals surface area contributed by atoms with Gasteiger partial charge in [0, 0.05) is 5.56 Å². The summed E-state index contributed by atoms with van der Waals surface area (Å²) in [5.41, 5.74) is 4.55. The third-order valence-electron chi connectivity index (χ3n) is 2.55. The van der Waals surface area contributed by atoms with Gasteiger partial charge >= 0.3 is 0 Å². The molecule has 0 fully saturated rings. The fourth-order valence-electron chi connectivity index (χ4n) is 1.90. The highest BCUT2D eigenvalue weighted by Gasteiger charge is 2.15. The third-order valence-corrected chi connectivity index (χ3v) is 2.55. The molecule has 0 spiro atoms. The smallest absolute Gasteiger partial charge is 0.0870 e. The van der Waals surface area contributed by atoms with Crippen LogP contribution in [-0.2, 0) is 6.42 Å². The molecule has 0 saturated heterocycles. The Bertz CT molecular complexity index is 355. The minimum Gasteiger partial charge on any atom is -0.411 e. The summed E-state index contributed by atoms with van der Waals surface area (Å²) in [5, 5.41) is 12.1. The van der Waals surface area contributed by atoms with E-state index in [2.05, 4.69) is 30.3 Å². The van der Waals surface area contributed by atoms with Gasteiger partial charge in [0.25, 0.3) is 0 Å². The van der Waals surface area contributed by atoms with Gasteiger partial charge in [0.2, 0.25) is 0 Å². The molecule has 1 N–H and O–H groups in total. The van der Waals surface area contributed by atoms with Gasteiger partial charge in [-0.1, -0.05) is 28.9 Å². The zero-order valence-corrected chi connectivity index (χ0v) is 7.75. The van der Waals surface area contributed by atoms with E-state index >= 15 is 0 Å². The fourth-order valence-corrected chi connectivity index (χ4v) is 1.90. The first-order valence-corrected chi connectivity index (χ1v) is 4.62. The number of aryl methyl sites for hydroxylation is 2. The number of hydrogen-bond donors (Lipinski definition) is 1. The Balaban J connectivity index is 2.52. The summed E-state index contributed by atoms with van der Waals surface area (Å²) < 4.78 is 0. The third kappa shape index (κ3) is 1.44. The van der Waals surface area contributed by atoms with Crippen molar-refractivity contribution in [3.05, 3.63) is 34.9 Å². The van der Waals surface area contributed by atoms with E-state index in [1.54, 1.807) is 0 Å². The molecule has 2 nitrogen and oxygen atoms in total. The molecule has 2 rings (SSSR count). The molecule has 13 heavy (non-hydrogen) atoms. The van der Waals surface area contributed by atoms with Crippen LogP contribution in [0.1, 0.15) is 29.5 Å². The predicted octanol–water partition coefficient (Wildman–Crippen LogP) is 2.51. The van der Waals surface area contributed by atoms with Gasteiger partial charge in [-0.15, -0.1) is 0 Å². The Morgan fingerprint density at radius 1 is 1.31 bits per heavy atom. The Labute approximate surface area is 77.9 Å². The first-order chi connectivity index (χ1) is 6.31. The van der Waals surface area contributed by atoms with Gasteiger partial charge < -0.3 is 5.21 Å². The first kappa shape index (κ1) is 8.30. The van der Waals surface area contributed by atoms with Crippen molar-refractivity contribution in [2.75, 3.05) is 0 Å². The normalized spacial score (nSPS) is 18.7. The van der Waals surface area contributed by atoms with Crippen LogP contribution in [0.3, 0.4) is 0 Å². The maximum atomic E-state index is 8.80. The molecule has 0 unspecified atom stereocenters. The number of oxime groups is 1. The lowest BCUT2D eigenvalue weighted by Gasteiger charge is -2.16. The van der Waals surface area contributed by atoms with Gasteiger partial charge in [0.05, 0.1) is 5.71 Å². The predicted molar refractivity (Wildman–Crippen MR) is 52.4 cm³/mol. The van der Waals surface area contributed by atoms with E-state index in [0.29, 0.717) is 0 Å². The number of benzene rings is 1. The summed E-state index contributed by atoms with van der Waals surface area (Å²) >= 11 is 0. The average molecular weight is 175 g/mol. The van der Waals surface area contributed by atoms with E-state index in [9.17, 15) is 0 Å². The summed E-state index contributed by atoms with van der Waals surface area (Å²) in [6.07, 6.45) is 3.10. The average Bonchev–Trinajstić information content (AvgIpc) is 2.16. The van der Waals surface area contributed by atoms with Gasteiger partial charge in [-0.05, 0) is 31.7 Å². The molecule has 2 heteroatoms. The largest absolute Gasteiger partial charge is 0.411 e. The van der Waals surface area contributed by atoms with E-state index in [0.717, 1.165) is 30.5 Å². The topological polar surface area (TPSA) is 32.6 Å². The van der Waals surface area contributed by atoms with Gasteiger partial charge in [-0.3, -0.25) is 0 Å². The Hall–Kier alpha value is -1.31. The van der Waals surface area contributed by atoms with Crippen LogP contribution >= 0.6 is 0 Å². The monoisotopic (exact) mass is 175 g/mol. The van der Waals surface area contributed by atoms with E-state index in [4.69, 9.17) is 5.21 Å². The highest BCUT2D eigenvalue weighted by atomic mass is 16.4. The molecule has 0 radical (unpaired) electrons. The highest BCUT2D eigenvalue weighted by Crippen LogP contribution is 2.22. The second-order valence-corrected chi connectivity index (χ2v) is 3.56. The first-order valence-electron chi connectivity index (χ1n) is 4.62. The van der Waals surface area contributed by atoms with Crippen molar-refractivity contribution < 1.29 is 5.21 Å². The molecule has 0 heterocycles. The van der Waals surface area contributed by atoms with Crippen LogP contribution in [0.5, 0.6) is 0 Å². The van der Waals surface area contributed by atoms with Crippen molar-refractivity contribution in [3.8, 4) is 0 Å². The summed E-state index contributed by atoms with van der Waals surface area (Å²) in [5.74, 6) is 0. The molecule has 1 aliphatic carbocycles. The minimum absolute atomic E-state index is 0.834. The van der Waals surface area contributed by atoms with Gasteiger partial charge in [0.15, 0.2) is 0 Å². The molecule has 0 bridgehead atoms. The quantitative estimate of drug-likeness (QED) is 0.477. The van der Waals surface area contributed by atoms with Gasteiger partial charge in [-0.2, -0.15) is 0 Å². The van der Waals surface area contributed by atoms with Crippen LogP contribution in [0.4, 0.5) is 0 Å². The van der Waals surface area contributed by atoms with Crippen LogP contribution in [0.15, 0.2) is 23.4 Å². The maximum absolute atomic E-state index is 8.80. The zero-order chi connectivity index (χ0) is 9.26. The summed E-state index contributed by atoms with van der Waals surface area (Å²) in [7, 11) is 0. The van der Waals surface area contributed by atoms with Crippen LogP contribution < -0.4 is 0 Å². The molecule has 1 aromatic rings. The minimum atomic E-state index is 0.834. The van der Waals surface area contributed by atoms with E-state index < -0.39 is 0 Å². The van der Waals surface area contributed by atoms with Crippen molar-refractivity contribution in [2.24, 2.45) is 5.16 Å². The lowest BCUT2D eigenvalue weighted by atomic mass is 9.89. The standard InChI is InChI=1S/C11H13NO/c1-8-5-6-10-9(7-8)3-2-4-11(10)12-13/h5-7,13H,2-4H2,1H3/b12-11-. The number of hydrogen-bond acceptors (Lipinski definition) is 2. The van der Waals surface area contributed by atoms with Crippen molar-refractivity contribution >= 4 is 5.71 Å². The van der Waals surface area contributed by atoms with Crippen LogP contribution in [0, 0.1) is 6.92 Å². The van der Waals surface area contributed by atoms with E-state index in [-0.39, 0.29) is 0 Å². The summed E-state index contributed by atoms with van der Waals surface area (Å²) in [6, 6.07) is 6.30. The van der Waals surface area contributed by atoms with Crippen LogP contribution in [0.2, 0.25) is 0 Å². The molecule has 1 aromatic carbocycles. The summed E-state index contributed by atoms with van der Waals surface area (Å²) in [4.78, 5) is 0. The molecule has 0 saturated carbocycles. The lowest BCUT2D eigenvalue weighted by Crippen LogP contribution is -2.11. The van der Waals surface area contributed by atoms with Crippen molar-refractivity contribution in [2.45, 2.75) is 26.2 Å². The van der Waals surface area contributed by atoms with Crippen molar-refractivity contribution in [3.63, 3.8) is 0 Å². The molecule has 68 valence electrons. The number of rotatable bonds is 0. The van der Waals surface area contributed by atoms with Crippen molar-refractivity contribution in [1.29, 1.82) is 0 Å². The SMILES string of the molecule is Cc1ccc2c(c1)CCC/C2=N/O. The Kier molecular flexibility index (Phi) is 2.05. The molecule has 0 aromatic heterocycles. The van der Waals surface area contributed by atoms with Crippen LogP contribution in [0.25, 0.3) is 0 Å². The van der Waals surface area contributed by atoms with E-state index in [1.165, 1.54) is 11.1 Å². The molecular weight excluding hydrogens is 162 g/mol. The molecule has 1 aliphatic rings. The zero-order valence-electron chi connectivity index (χ0n) is 7.75. The molecule has 0 amide bonds. The van der Waals surface area contributed by atoms with Gasteiger partial charge in [0.1, 0.15) is 0 Å². The van der Waals surface area contributed by atoms with Gasteiger partial charge in [-0.25, -0.2) is 0 Å². The molecule has 0 aliphatic heterocycles. The second kappa shape index (κ2) is 3.21. The van der Waals surface area contributed by atoms with Crippen LogP contribution in [-0.4, -0.2) is 10.9 Å². The lowest BCUT2D eigenvalue weighted by molar-refractivity contribution is 0.317. The van der Waals surface area contributed by atoms with E-state index in [1.807, 2.05) is 0 Å². The number of fused-ring (bicyclic) bond motifs is 1. The Morgan fingerprint density at radius 2 is 2.15 bits per heavy atom. The second-order valence-electron chi connectivity index (χ2n) is 3.56.